The van der Waals surface area contributed by atoms with Crippen molar-refractivity contribution in [2.45, 2.75) is 24.0 Å². The summed E-state index contributed by atoms with van der Waals surface area (Å²) in [5, 5.41) is 1.59. The summed E-state index contributed by atoms with van der Waals surface area (Å²) >= 11 is 4.93. The molecular formula is C11H10BrN3S. The van der Waals surface area contributed by atoms with Crippen LogP contribution in [0.25, 0.3) is 0 Å². The van der Waals surface area contributed by atoms with Gasteiger partial charge in [-0.1, -0.05) is 0 Å². The first-order chi connectivity index (χ1) is 7.65. The SMILES string of the molecule is Cc1cnc(Sc2ncc(C)cc2Br)nc1. The molecule has 16 heavy (non-hydrogen) atoms. The van der Waals surface area contributed by atoms with Gasteiger partial charge in [0.15, 0.2) is 5.16 Å². The molecule has 0 radical (unpaired) electrons. The molecule has 0 N–H and O–H groups in total. The molecule has 2 rings (SSSR count). The van der Waals surface area contributed by atoms with Crippen LogP contribution in [0.4, 0.5) is 0 Å². The van der Waals surface area contributed by atoms with E-state index in [1.165, 1.54) is 11.8 Å². The fourth-order valence-corrected chi connectivity index (χ4v) is 2.47. The minimum atomic E-state index is 0.711. The number of halogens is 1. The summed E-state index contributed by atoms with van der Waals surface area (Å²) in [5.41, 5.74) is 2.18. The van der Waals surface area contributed by atoms with Crippen LogP contribution in [0.15, 0.2) is 39.3 Å². The quantitative estimate of drug-likeness (QED) is 0.796. The van der Waals surface area contributed by atoms with Crippen LogP contribution in [0.5, 0.6) is 0 Å². The van der Waals surface area contributed by atoms with E-state index >= 15 is 0 Å². The molecule has 2 aromatic heterocycles. The minimum absolute atomic E-state index is 0.711. The summed E-state index contributed by atoms with van der Waals surface area (Å²) < 4.78 is 0.974. The van der Waals surface area contributed by atoms with Gasteiger partial charge in [-0.3, -0.25) is 0 Å². The van der Waals surface area contributed by atoms with Crippen molar-refractivity contribution in [2.75, 3.05) is 0 Å². The minimum Gasteiger partial charge on any atom is -0.248 e. The van der Waals surface area contributed by atoms with E-state index in [0.717, 1.165) is 20.6 Å². The molecule has 0 aliphatic heterocycles. The molecular weight excluding hydrogens is 286 g/mol. The highest BCUT2D eigenvalue weighted by molar-refractivity contribution is 9.10. The number of aryl methyl sites for hydroxylation is 2. The van der Waals surface area contributed by atoms with Gasteiger partial charge in [0.05, 0.1) is 4.47 Å². The van der Waals surface area contributed by atoms with Crippen molar-refractivity contribution in [3.8, 4) is 0 Å². The monoisotopic (exact) mass is 295 g/mol. The maximum atomic E-state index is 4.33. The molecule has 0 aromatic carbocycles. The predicted octanol–water partition coefficient (Wildman–Crippen LogP) is 3.40. The molecule has 0 aliphatic rings. The van der Waals surface area contributed by atoms with Crippen molar-refractivity contribution in [3.63, 3.8) is 0 Å². The van der Waals surface area contributed by atoms with Crippen molar-refractivity contribution >= 4 is 27.7 Å². The predicted molar refractivity (Wildman–Crippen MR) is 67.6 cm³/mol. The standard InChI is InChI=1S/C11H10BrN3S/c1-7-3-9(12)10(13-4-7)16-11-14-5-8(2)6-15-11/h3-6H,1-2H3. The molecule has 2 heterocycles. The Morgan fingerprint density at radius 2 is 1.62 bits per heavy atom. The van der Waals surface area contributed by atoms with Gasteiger partial charge in [0.1, 0.15) is 5.03 Å². The first kappa shape index (κ1) is 11.5. The number of hydrogen-bond donors (Lipinski definition) is 0. The van der Waals surface area contributed by atoms with Crippen LogP contribution in [-0.2, 0) is 0 Å². The fraction of sp³-hybridized carbons (Fsp3) is 0.182. The smallest absolute Gasteiger partial charge is 0.193 e. The Hall–Kier alpha value is -0.940. The topological polar surface area (TPSA) is 38.7 Å². The summed E-state index contributed by atoms with van der Waals surface area (Å²) in [7, 11) is 0. The normalized spacial score (nSPS) is 10.4. The third kappa shape index (κ3) is 2.80. The van der Waals surface area contributed by atoms with Crippen LogP contribution in [0.1, 0.15) is 11.1 Å². The van der Waals surface area contributed by atoms with Crippen LogP contribution in [0, 0.1) is 13.8 Å². The van der Waals surface area contributed by atoms with E-state index in [9.17, 15) is 0 Å². The first-order valence-electron chi connectivity index (χ1n) is 4.74. The van der Waals surface area contributed by atoms with E-state index in [1.54, 1.807) is 12.4 Å². The van der Waals surface area contributed by atoms with E-state index in [-0.39, 0.29) is 0 Å². The van der Waals surface area contributed by atoms with Crippen molar-refractivity contribution < 1.29 is 0 Å². The molecule has 3 nitrogen and oxygen atoms in total. The molecule has 0 bridgehead atoms. The van der Waals surface area contributed by atoms with Gasteiger partial charge in [0, 0.05) is 18.6 Å². The van der Waals surface area contributed by atoms with Crippen LogP contribution in [-0.4, -0.2) is 15.0 Å². The molecule has 0 saturated heterocycles. The third-order valence-electron chi connectivity index (χ3n) is 1.89. The van der Waals surface area contributed by atoms with Gasteiger partial charge in [-0.05, 0) is 58.7 Å². The first-order valence-corrected chi connectivity index (χ1v) is 6.35. The second-order valence-electron chi connectivity index (χ2n) is 3.44. The summed E-state index contributed by atoms with van der Waals surface area (Å²) in [4.78, 5) is 12.8. The van der Waals surface area contributed by atoms with Crippen LogP contribution in [0.2, 0.25) is 0 Å². The third-order valence-corrected chi connectivity index (χ3v) is 3.67. The van der Waals surface area contributed by atoms with Gasteiger partial charge in [0.25, 0.3) is 0 Å². The maximum Gasteiger partial charge on any atom is 0.193 e. The zero-order valence-electron chi connectivity index (χ0n) is 8.94. The van der Waals surface area contributed by atoms with Gasteiger partial charge < -0.3 is 0 Å². The molecule has 2 aromatic rings. The molecule has 5 heteroatoms. The average Bonchev–Trinajstić information content (AvgIpc) is 2.25. The molecule has 0 aliphatic carbocycles. The lowest BCUT2D eigenvalue weighted by Crippen LogP contribution is -1.89. The van der Waals surface area contributed by atoms with Crippen molar-refractivity contribution in [3.05, 3.63) is 40.3 Å². The highest BCUT2D eigenvalue weighted by Gasteiger charge is 2.06. The molecule has 0 spiro atoms. The number of nitrogens with zero attached hydrogens (tertiary/aromatic N) is 3. The second-order valence-corrected chi connectivity index (χ2v) is 5.26. The van der Waals surface area contributed by atoms with Gasteiger partial charge in [-0.2, -0.15) is 0 Å². The summed E-state index contributed by atoms with van der Waals surface area (Å²) in [5.74, 6) is 0. The molecule has 0 fully saturated rings. The Labute approximate surface area is 107 Å². The highest BCUT2D eigenvalue weighted by Crippen LogP contribution is 2.29. The molecule has 82 valence electrons. The summed E-state index contributed by atoms with van der Waals surface area (Å²) in [6.45, 7) is 3.98. The molecule has 0 unspecified atom stereocenters. The van der Waals surface area contributed by atoms with Crippen LogP contribution < -0.4 is 0 Å². The Balaban J connectivity index is 2.23. The van der Waals surface area contributed by atoms with Crippen molar-refractivity contribution in [2.24, 2.45) is 0 Å². The summed E-state index contributed by atoms with van der Waals surface area (Å²) in [6.07, 6.45) is 5.44. The Kier molecular flexibility index (Phi) is 3.56. The van der Waals surface area contributed by atoms with Gasteiger partial charge in [-0.15, -0.1) is 0 Å². The Bertz CT molecular complexity index is 499. The highest BCUT2D eigenvalue weighted by atomic mass is 79.9. The number of pyridine rings is 1. The zero-order valence-corrected chi connectivity index (χ0v) is 11.3. The number of hydrogen-bond acceptors (Lipinski definition) is 4. The lowest BCUT2D eigenvalue weighted by atomic mass is 10.3. The Morgan fingerprint density at radius 1 is 1.00 bits per heavy atom. The van der Waals surface area contributed by atoms with Gasteiger partial charge in [-0.25, -0.2) is 15.0 Å². The largest absolute Gasteiger partial charge is 0.248 e. The zero-order chi connectivity index (χ0) is 11.5. The molecule has 0 amide bonds. The molecule has 0 atom stereocenters. The summed E-state index contributed by atoms with van der Waals surface area (Å²) in [6, 6.07) is 2.03. The molecule has 0 saturated carbocycles. The lowest BCUT2D eigenvalue weighted by molar-refractivity contribution is 0.942. The van der Waals surface area contributed by atoms with E-state index in [0.29, 0.717) is 5.16 Å². The van der Waals surface area contributed by atoms with Crippen LogP contribution in [0.3, 0.4) is 0 Å². The fourth-order valence-electron chi connectivity index (χ4n) is 1.12. The van der Waals surface area contributed by atoms with Crippen molar-refractivity contribution in [1.29, 1.82) is 0 Å². The van der Waals surface area contributed by atoms with E-state index in [1.807, 2.05) is 26.1 Å². The number of aromatic nitrogens is 3. The van der Waals surface area contributed by atoms with E-state index in [2.05, 4.69) is 30.9 Å². The van der Waals surface area contributed by atoms with Crippen LogP contribution >= 0.6 is 27.7 Å². The van der Waals surface area contributed by atoms with E-state index in [4.69, 9.17) is 0 Å². The average molecular weight is 296 g/mol. The van der Waals surface area contributed by atoms with Crippen molar-refractivity contribution in [1.82, 2.24) is 15.0 Å². The van der Waals surface area contributed by atoms with Gasteiger partial charge in [0.2, 0.25) is 0 Å². The maximum absolute atomic E-state index is 4.33. The second kappa shape index (κ2) is 4.93. The Morgan fingerprint density at radius 3 is 2.25 bits per heavy atom. The van der Waals surface area contributed by atoms with Gasteiger partial charge >= 0.3 is 0 Å². The number of rotatable bonds is 2. The van der Waals surface area contributed by atoms with E-state index < -0.39 is 0 Å². The lowest BCUT2D eigenvalue weighted by Gasteiger charge is -2.02.